The summed E-state index contributed by atoms with van der Waals surface area (Å²) in [7, 11) is -3.95. The van der Waals surface area contributed by atoms with Gasteiger partial charge in [-0.2, -0.15) is 8.70 Å². The monoisotopic (exact) mass is 304 g/mol. The molecule has 1 saturated heterocycles. The van der Waals surface area contributed by atoms with Crippen LogP contribution in [0.15, 0.2) is 23.1 Å². The zero-order valence-electron chi connectivity index (χ0n) is 10.4. The molecule has 0 aromatic heterocycles. The van der Waals surface area contributed by atoms with Crippen molar-refractivity contribution in [3.63, 3.8) is 0 Å². The number of piperidine rings is 1. The van der Waals surface area contributed by atoms with E-state index in [0.29, 0.717) is 18.9 Å². The SMILES string of the molecule is O=[N+]([O-])c1ccc(S(=O)(=O)N2CCC[C@H](O)C2)cc1F. The Morgan fingerprint density at radius 3 is 2.70 bits per heavy atom. The number of benzene rings is 1. The Labute approximate surface area is 114 Å². The van der Waals surface area contributed by atoms with Gasteiger partial charge in [0.25, 0.3) is 0 Å². The number of β-amino-alcohol motifs (C(OH)–C–C–N with tert-alkyl or cyclic N) is 1. The number of aliphatic hydroxyl groups is 1. The Morgan fingerprint density at radius 2 is 2.15 bits per heavy atom. The molecule has 1 fully saturated rings. The van der Waals surface area contributed by atoms with Gasteiger partial charge in [0.2, 0.25) is 15.8 Å². The third-order valence-corrected chi connectivity index (χ3v) is 4.97. The van der Waals surface area contributed by atoms with E-state index in [-0.39, 0.29) is 18.0 Å². The van der Waals surface area contributed by atoms with Crippen LogP contribution in [0.25, 0.3) is 0 Å². The summed E-state index contributed by atoms with van der Waals surface area (Å²) in [5.41, 5.74) is -0.775. The number of sulfonamides is 1. The molecule has 0 aliphatic carbocycles. The minimum Gasteiger partial charge on any atom is -0.392 e. The first kappa shape index (κ1) is 14.8. The highest BCUT2D eigenvalue weighted by Gasteiger charge is 2.30. The third kappa shape index (κ3) is 2.79. The molecule has 110 valence electrons. The molecule has 1 aliphatic rings. The lowest BCUT2D eigenvalue weighted by Crippen LogP contribution is -2.42. The van der Waals surface area contributed by atoms with Crippen LogP contribution in [0, 0.1) is 15.9 Å². The van der Waals surface area contributed by atoms with Crippen molar-refractivity contribution in [1.29, 1.82) is 0 Å². The fraction of sp³-hybridized carbons (Fsp3) is 0.455. The topological polar surface area (TPSA) is 101 Å². The van der Waals surface area contributed by atoms with Crippen molar-refractivity contribution in [3.05, 3.63) is 34.1 Å². The van der Waals surface area contributed by atoms with Gasteiger partial charge in [0.15, 0.2) is 0 Å². The van der Waals surface area contributed by atoms with Crippen molar-refractivity contribution in [2.45, 2.75) is 23.8 Å². The first-order chi connectivity index (χ1) is 9.32. The number of halogens is 1. The van der Waals surface area contributed by atoms with Gasteiger partial charge in [-0.1, -0.05) is 0 Å². The van der Waals surface area contributed by atoms with Crippen molar-refractivity contribution in [1.82, 2.24) is 4.31 Å². The van der Waals surface area contributed by atoms with Crippen LogP contribution in [0.3, 0.4) is 0 Å². The minimum absolute atomic E-state index is 0.0546. The van der Waals surface area contributed by atoms with Crippen LogP contribution in [-0.4, -0.2) is 41.9 Å². The van der Waals surface area contributed by atoms with Gasteiger partial charge in [-0.25, -0.2) is 8.42 Å². The zero-order chi connectivity index (χ0) is 14.9. The number of hydrogen-bond donors (Lipinski definition) is 1. The molecule has 1 atom stereocenters. The van der Waals surface area contributed by atoms with Crippen molar-refractivity contribution < 1.29 is 22.8 Å². The van der Waals surface area contributed by atoms with Crippen LogP contribution < -0.4 is 0 Å². The standard InChI is InChI=1S/C11H13FN2O5S/c12-10-6-9(3-4-11(10)14(16)17)20(18,19)13-5-1-2-8(15)7-13/h3-4,6,8,15H,1-2,5,7H2/t8-/m0/s1. The molecule has 0 spiro atoms. The number of nitro benzene ring substituents is 1. The lowest BCUT2D eigenvalue weighted by Gasteiger charge is -2.29. The van der Waals surface area contributed by atoms with Gasteiger partial charge >= 0.3 is 5.69 Å². The molecule has 9 heteroatoms. The first-order valence-corrected chi connectivity index (χ1v) is 7.38. The van der Waals surface area contributed by atoms with E-state index in [1.807, 2.05) is 0 Å². The van der Waals surface area contributed by atoms with Crippen molar-refractivity contribution in [3.8, 4) is 0 Å². The number of hydrogen-bond acceptors (Lipinski definition) is 5. The molecule has 20 heavy (non-hydrogen) atoms. The van der Waals surface area contributed by atoms with Gasteiger partial charge < -0.3 is 5.11 Å². The Hall–Kier alpha value is -1.58. The number of nitro groups is 1. The fourth-order valence-electron chi connectivity index (χ4n) is 2.08. The van der Waals surface area contributed by atoms with E-state index in [1.165, 1.54) is 0 Å². The maximum atomic E-state index is 13.5. The van der Waals surface area contributed by atoms with Crippen molar-refractivity contribution in [2.24, 2.45) is 0 Å². The lowest BCUT2D eigenvalue weighted by molar-refractivity contribution is -0.387. The second kappa shape index (κ2) is 5.43. The molecule has 2 rings (SSSR count). The summed E-state index contributed by atoms with van der Waals surface area (Å²) in [6, 6.07) is 2.45. The smallest absolute Gasteiger partial charge is 0.304 e. The van der Waals surface area contributed by atoms with Crippen LogP contribution in [0.1, 0.15) is 12.8 Å². The second-order valence-corrected chi connectivity index (χ2v) is 6.47. The Morgan fingerprint density at radius 1 is 1.45 bits per heavy atom. The van der Waals surface area contributed by atoms with Gasteiger partial charge in [0, 0.05) is 25.2 Å². The van der Waals surface area contributed by atoms with E-state index < -0.39 is 32.6 Å². The maximum Gasteiger partial charge on any atom is 0.304 e. The maximum absolute atomic E-state index is 13.5. The van der Waals surface area contributed by atoms with Crippen molar-refractivity contribution >= 4 is 15.7 Å². The largest absolute Gasteiger partial charge is 0.392 e. The summed E-state index contributed by atoms with van der Waals surface area (Å²) in [5, 5.41) is 20.0. The predicted molar refractivity (Wildman–Crippen MR) is 67.1 cm³/mol. The van der Waals surface area contributed by atoms with Crippen LogP contribution in [0.4, 0.5) is 10.1 Å². The van der Waals surface area contributed by atoms with E-state index in [2.05, 4.69) is 0 Å². The van der Waals surface area contributed by atoms with Gasteiger partial charge in [0.05, 0.1) is 15.9 Å². The molecular weight excluding hydrogens is 291 g/mol. The molecule has 1 N–H and O–H groups in total. The molecule has 7 nitrogen and oxygen atoms in total. The van der Waals surface area contributed by atoms with E-state index >= 15 is 0 Å². The summed E-state index contributed by atoms with van der Waals surface area (Å²) in [6.45, 7) is 0.180. The predicted octanol–water partition coefficient (Wildman–Crippen LogP) is 0.879. The quantitative estimate of drug-likeness (QED) is 0.660. The molecule has 1 aromatic rings. The van der Waals surface area contributed by atoms with Gasteiger partial charge in [-0.05, 0) is 18.9 Å². The Kier molecular flexibility index (Phi) is 4.02. The average Bonchev–Trinajstić information content (AvgIpc) is 2.38. The highest BCUT2D eigenvalue weighted by molar-refractivity contribution is 7.89. The molecule has 0 saturated carbocycles. The summed E-state index contributed by atoms with van der Waals surface area (Å²) < 4.78 is 39.0. The molecule has 1 heterocycles. The van der Waals surface area contributed by atoms with E-state index in [9.17, 15) is 28.0 Å². The summed E-state index contributed by atoms with van der Waals surface area (Å²) in [4.78, 5) is 9.23. The zero-order valence-corrected chi connectivity index (χ0v) is 11.2. The fourth-order valence-corrected chi connectivity index (χ4v) is 3.61. The lowest BCUT2D eigenvalue weighted by atomic mass is 10.1. The third-order valence-electron chi connectivity index (χ3n) is 3.11. The highest BCUT2D eigenvalue weighted by Crippen LogP contribution is 2.25. The van der Waals surface area contributed by atoms with Crippen LogP contribution in [0.5, 0.6) is 0 Å². The minimum atomic E-state index is -3.95. The van der Waals surface area contributed by atoms with Gasteiger partial charge in [-0.3, -0.25) is 10.1 Å². The molecule has 1 aliphatic heterocycles. The number of rotatable bonds is 3. The molecule has 0 unspecified atom stereocenters. The van der Waals surface area contributed by atoms with Crippen LogP contribution in [-0.2, 0) is 10.0 Å². The normalized spacial score (nSPS) is 20.8. The number of aliphatic hydroxyl groups excluding tert-OH is 1. The summed E-state index contributed by atoms with van der Waals surface area (Å²) in [6.07, 6.45) is 0.276. The van der Waals surface area contributed by atoms with Crippen LogP contribution >= 0.6 is 0 Å². The summed E-state index contributed by atoms with van der Waals surface area (Å²) >= 11 is 0. The summed E-state index contributed by atoms with van der Waals surface area (Å²) in [5.74, 6) is -1.20. The van der Waals surface area contributed by atoms with Gasteiger partial charge in [0.1, 0.15) is 0 Å². The van der Waals surface area contributed by atoms with Crippen LogP contribution in [0.2, 0.25) is 0 Å². The van der Waals surface area contributed by atoms with E-state index in [0.717, 1.165) is 16.4 Å². The Balaban J connectivity index is 2.34. The Bertz CT molecular complexity index is 634. The second-order valence-electron chi connectivity index (χ2n) is 4.53. The first-order valence-electron chi connectivity index (χ1n) is 5.94. The van der Waals surface area contributed by atoms with Gasteiger partial charge in [-0.15, -0.1) is 0 Å². The molecular formula is C11H13FN2O5S. The van der Waals surface area contributed by atoms with Crippen molar-refractivity contribution in [2.75, 3.05) is 13.1 Å². The number of nitrogens with zero attached hydrogens (tertiary/aromatic N) is 2. The highest BCUT2D eigenvalue weighted by atomic mass is 32.2. The molecule has 1 aromatic carbocycles. The van der Waals surface area contributed by atoms with E-state index in [4.69, 9.17) is 0 Å². The molecule has 0 bridgehead atoms. The molecule has 0 amide bonds. The average molecular weight is 304 g/mol. The molecule has 0 radical (unpaired) electrons. The van der Waals surface area contributed by atoms with E-state index in [1.54, 1.807) is 0 Å².